The second-order valence-electron chi connectivity index (χ2n) is 6.87. The number of rotatable bonds is 5. The van der Waals surface area contributed by atoms with E-state index in [-0.39, 0.29) is 41.5 Å². The first-order valence-electron chi connectivity index (χ1n) is 9.11. The highest BCUT2D eigenvalue weighted by Gasteiger charge is 2.37. The van der Waals surface area contributed by atoms with E-state index in [1.807, 2.05) is 35.2 Å². The fourth-order valence-electron chi connectivity index (χ4n) is 3.50. The molecule has 4 rings (SSSR count). The fraction of sp³-hybridized carbons (Fsp3) is 0.421. The molecule has 1 aromatic carbocycles. The third-order valence-corrected chi connectivity index (χ3v) is 7.10. The Labute approximate surface area is 168 Å². The van der Waals surface area contributed by atoms with E-state index in [2.05, 4.69) is 4.98 Å². The third kappa shape index (κ3) is 3.81. The first-order chi connectivity index (χ1) is 13.5. The molecule has 0 bridgehead atoms. The lowest BCUT2D eigenvalue weighted by atomic mass is 10.2. The Morgan fingerprint density at radius 2 is 2.11 bits per heavy atom. The molecule has 1 atom stereocenters. The van der Waals surface area contributed by atoms with Crippen molar-refractivity contribution in [2.24, 2.45) is 0 Å². The monoisotopic (exact) mass is 426 g/mol. The highest BCUT2D eigenvalue weighted by atomic mass is 35.5. The second kappa shape index (κ2) is 7.85. The van der Waals surface area contributed by atoms with Gasteiger partial charge in [-0.3, -0.25) is 0 Å². The summed E-state index contributed by atoms with van der Waals surface area (Å²) in [6.45, 7) is 1.51. The van der Waals surface area contributed by atoms with Crippen LogP contribution in [0.4, 0.5) is 10.1 Å². The number of pyridine rings is 1. The molecule has 0 saturated carbocycles. The summed E-state index contributed by atoms with van der Waals surface area (Å²) in [5.74, 6) is -1.26. The molecule has 3 heterocycles. The van der Waals surface area contributed by atoms with Crippen molar-refractivity contribution >= 4 is 27.1 Å². The molecule has 0 unspecified atom stereocenters. The van der Waals surface area contributed by atoms with E-state index in [0.717, 1.165) is 18.4 Å². The highest BCUT2D eigenvalue weighted by Crippen LogP contribution is 2.43. The molecule has 6 nitrogen and oxygen atoms in total. The van der Waals surface area contributed by atoms with Crippen LogP contribution in [-0.4, -0.2) is 45.0 Å². The van der Waals surface area contributed by atoms with Gasteiger partial charge in [-0.25, -0.2) is 8.42 Å². The van der Waals surface area contributed by atoms with Crippen molar-refractivity contribution in [2.45, 2.75) is 30.4 Å². The molecule has 0 spiro atoms. The van der Waals surface area contributed by atoms with Gasteiger partial charge in [-0.15, -0.1) is 0 Å². The maximum absolute atomic E-state index is 14.3. The number of fused-ring (bicyclic) bond motifs is 1. The zero-order valence-corrected chi connectivity index (χ0v) is 16.7. The number of hydrogen-bond acceptors (Lipinski definition) is 6. The molecule has 9 heteroatoms. The number of hydrogen-bond donors (Lipinski definition) is 0. The lowest BCUT2D eigenvalue weighted by Crippen LogP contribution is -2.36. The van der Waals surface area contributed by atoms with Crippen LogP contribution in [0.25, 0.3) is 0 Å². The molecule has 2 aromatic rings. The molecule has 1 aromatic heterocycles. The number of ether oxygens (including phenoxy) is 2. The van der Waals surface area contributed by atoms with Crippen LogP contribution in [0.2, 0.25) is 5.02 Å². The van der Waals surface area contributed by atoms with Crippen LogP contribution in [0, 0.1) is 5.95 Å². The minimum absolute atomic E-state index is 0.0633. The SMILES string of the molecule is O=S1(=O)CCN(Cc2ccccc2)c2c(OC[C@@H]3CCCO3)nc(F)c(Cl)c21. The molecule has 1 fully saturated rings. The number of nitrogens with zero attached hydrogens (tertiary/aromatic N) is 2. The van der Waals surface area contributed by atoms with Crippen molar-refractivity contribution in [3.63, 3.8) is 0 Å². The number of benzene rings is 1. The molecule has 2 aliphatic heterocycles. The summed E-state index contributed by atoms with van der Waals surface area (Å²) < 4.78 is 50.9. The maximum Gasteiger partial charge on any atom is 0.241 e. The summed E-state index contributed by atoms with van der Waals surface area (Å²) in [5.41, 5.74) is 1.21. The first-order valence-corrected chi connectivity index (χ1v) is 11.1. The summed E-state index contributed by atoms with van der Waals surface area (Å²) in [7, 11) is -3.75. The highest BCUT2D eigenvalue weighted by molar-refractivity contribution is 7.91. The summed E-state index contributed by atoms with van der Waals surface area (Å²) in [6, 6.07) is 9.59. The molecule has 2 aliphatic rings. The predicted octanol–water partition coefficient (Wildman–Crippen LogP) is 3.23. The molecule has 0 radical (unpaired) electrons. The van der Waals surface area contributed by atoms with Gasteiger partial charge in [0.15, 0.2) is 9.84 Å². The Bertz CT molecular complexity index is 966. The van der Waals surface area contributed by atoms with Gasteiger partial charge >= 0.3 is 0 Å². The normalized spacial score (nSPS) is 20.8. The van der Waals surface area contributed by atoms with Crippen LogP contribution in [0.5, 0.6) is 5.88 Å². The minimum atomic E-state index is -3.75. The molecule has 0 amide bonds. The Hall–Kier alpha value is -1.90. The van der Waals surface area contributed by atoms with Crippen LogP contribution in [0.15, 0.2) is 35.2 Å². The third-order valence-electron chi connectivity index (χ3n) is 4.90. The zero-order valence-electron chi connectivity index (χ0n) is 15.1. The summed E-state index contributed by atoms with van der Waals surface area (Å²) >= 11 is 6.04. The molecular weight excluding hydrogens is 407 g/mol. The van der Waals surface area contributed by atoms with Gasteiger partial charge in [-0.1, -0.05) is 41.9 Å². The van der Waals surface area contributed by atoms with Crippen LogP contribution >= 0.6 is 11.6 Å². The summed E-state index contributed by atoms with van der Waals surface area (Å²) in [4.78, 5) is 5.41. The molecule has 28 heavy (non-hydrogen) atoms. The van der Waals surface area contributed by atoms with Crippen LogP contribution in [0.3, 0.4) is 0 Å². The Morgan fingerprint density at radius 3 is 2.82 bits per heavy atom. The Balaban J connectivity index is 1.75. The van der Waals surface area contributed by atoms with Gasteiger partial charge in [0.2, 0.25) is 11.8 Å². The molecule has 0 aliphatic carbocycles. The molecule has 150 valence electrons. The van der Waals surface area contributed by atoms with Crippen molar-refractivity contribution in [2.75, 3.05) is 30.4 Å². The van der Waals surface area contributed by atoms with E-state index in [4.69, 9.17) is 21.1 Å². The largest absolute Gasteiger partial charge is 0.473 e. The predicted molar refractivity (Wildman–Crippen MR) is 103 cm³/mol. The number of aromatic nitrogens is 1. The topological polar surface area (TPSA) is 68.7 Å². The van der Waals surface area contributed by atoms with E-state index >= 15 is 0 Å². The van der Waals surface area contributed by atoms with Crippen LogP contribution in [0.1, 0.15) is 18.4 Å². The number of halogens is 2. The number of anilines is 1. The quantitative estimate of drug-likeness (QED) is 0.684. The van der Waals surface area contributed by atoms with Crippen LogP contribution in [-0.2, 0) is 21.1 Å². The maximum atomic E-state index is 14.3. The van der Waals surface area contributed by atoms with Crippen molar-refractivity contribution in [3.8, 4) is 5.88 Å². The lowest BCUT2D eigenvalue weighted by molar-refractivity contribution is 0.0661. The average molecular weight is 427 g/mol. The molecule has 0 N–H and O–H groups in total. The van der Waals surface area contributed by atoms with Gasteiger partial charge < -0.3 is 14.4 Å². The lowest BCUT2D eigenvalue weighted by Gasteiger charge is -2.32. The first kappa shape index (κ1) is 19.4. The van der Waals surface area contributed by atoms with Gasteiger partial charge in [0.05, 0.1) is 11.9 Å². The van der Waals surface area contributed by atoms with Crippen molar-refractivity contribution < 1.29 is 22.3 Å². The average Bonchev–Trinajstić information content (AvgIpc) is 3.19. The minimum Gasteiger partial charge on any atom is -0.473 e. The number of sulfone groups is 1. The zero-order chi connectivity index (χ0) is 19.7. The van der Waals surface area contributed by atoms with E-state index in [9.17, 15) is 12.8 Å². The van der Waals surface area contributed by atoms with Gasteiger partial charge in [0.25, 0.3) is 0 Å². The van der Waals surface area contributed by atoms with E-state index in [0.29, 0.717) is 13.2 Å². The second-order valence-corrected chi connectivity index (χ2v) is 9.30. The van der Waals surface area contributed by atoms with Gasteiger partial charge in [-0.05, 0) is 18.4 Å². The van der Waals surface area contributed by atoms with Crippen molar-refractivity contribution in [1.82, 2.24) is 4.98 Å². The van der Waals surface area contributed by atoms with Crippen LogP contribution < -0.4 is 9.64 Å². The van der Waals surface area contributed by atoms with E-state index in [1.54, 1.807) is 0 Å². The fourth-order valence-corrected chi connectivity index (χ4v) is 5.52. The van der Waals surface area contributed by atoms with Gasteiger partial charge in [0.1, 0.15) is 22.2 Å². The molecule has 1 saturated heterocycles. The van der Waals surface area contributed by atoms with Crippen molar-refractivity contribution in [1.29, 1.82) is 0 Å². The standard InChI is InChI=1S/C19H20ClFN2O4S/c20-15-17-16(19(22-18(15)21)27-12-14-7-4-9-26-14)23(8-10-28(17,24)25)11-13-5-2-1-3-6-13/h1-3,5-6,14H,4,7-12H2/t14-/m0/s1. The van der Waals surface area contributed by atoms with E-state index in [1.165, 1.54) is 0 Å². The summed E-state index contributed by atoms with van der Waals surface area (Å²) in [6.07, 6.45) is 1.66. The van der Waals surface area contributed by atoms with Crippen molar-refractivity contribution in [3.05, 3.63) is 46.9 Å². The molecular formula is C19H20ClFN2O4S. The summed E-state index contributed by atoms with van der Waals surface area (Å²) in [5, 5.41) is -0.489. The smallest absolute Gasteiger partial charge is 0.241 e. The van der Waals surface area contributed by atoms with Gasteiger partial charge in [0, 0.05) is 19.7 Å². The van der Waals surface area contributed by atoms with Gasteiger partial charge in [-0.2, -0.15) is 9.37 Å². The Morgan fingerprint density at radius 1 is 1.32 bits per heavy atom. The van der Waals surface area contributed by atoms with E-state index < -0.39 is 20.8 Å². The Kier molecular flexibility index (Phi) is 5.44.